The van der Waals surface area contributed by atoms with Gasteiger partial charge in [-0.15, -0.1) is 0 Å². The van der Waals surface area contributed by atoms with E-state index in [2.05, 4.69) is 6.92 Å². The molecule has 1 aliphatic heterocycles. The summed E-state index contributed by atoms with van der Waals surface area (Å²) in [5.74, 6) is 0.717. The van der Waals surface area contributed by atoms with Crippen molar-refractivity contribution in [2.45, 2.75) is 32.3 Å². The first-order valence-corrected chi connectivity index (χ1v) is 6.86. The lowest BCUT2D eigenvalue weighted by atomic mass is 10.1. The number of hydrogen-bond acceptors (Lipinski definition) is 3. The number of piperidine rings is 1. The summed E-state index contributed by atoms with van der Waals surface area (Å²) >= 11 is 0. The minimum atomic E-state index is -0.258. The monoisotopic (exact) mass is 263 g/mol. The summed E-state index contributed by atoms with van der Waals surface area (Å²) in [5, 5.41) is 9.40. The van der Waals surface area contributed by atoms with E-state index in [1.165, 1.54) is 5.56 Å². The minimum Gasteiger partial charge on any atom is -0.484 e. The standard InChI is InChI=1S/C15H21NO3/c1-2-12-3-5-14(6-4-12)19-11-15(18)16-9-7-13(17)8-10-16/h3-6,13,17H,2,7-11H2,1H3. The Hall–Kier alpha value is -1.55. The van der Waals surface area contributed by atoms with Crippen molar-refractivity contribution < 1.29 is 14.6 Å². The number of rotatable bonds is 4. The molecule has 1 amide bonds. The molecular weight excluding hydrogens is 242 g/mol. The van der Waals surface area contributed by atoms with Crippen LogP contribution in [0, 0.1) is 0 Å². The van der Waals surface area contributed by atoms with E-state index in [1.54, 1.807) is 4.90 Å². The van der Waals surface area contributed by atoms with Gasteiger partial charge in [0.1, 0.15) is 5.75 Å². The summed E-state index contributed by atoms with van der Waals surface area (Å²) in [6.07, 6.45) is 2.06. The van der Waals surface area contributed by atoms with Gasteiger partial charge in [-0.1, -0.05) is 19.1 Å². The van der Waals surface area contributed by atoms with Crippen molar-refractivity contribution in [3.8, 4) is 5.75 Å². The van der Waals surface area contributed by atoms with Crippen LogP contribution in [0.2, 0.25) is 0 Å². The van der Waals surface area contributed by atoms with Gasteiger partial charge in [-0.2, -0.15) is 0 Å². The molecule has 1 aromatic carbocycles. The first-order chi connectivity index (χ1) is 9.19. The Morgan fingerprint density at radius 3 is 2.53 bits per heavy atom. The van der Waals surface area contributed by atoms with E-state index in [4.69, 9.17) is 4.74 Å². The average molecular weight is 263 g/mol. The minimum absolute atomic E-state index is 0.00790. The highest BCUT2D eigenvalue weighted by Crippen LogP contribution is 2.14. The van der Waals surface area contributed by atoms with Gasteiger partial charge in [0.2, 0.25) is 0 Å². The Bertz CT molecular complexity index is 408. The molecule has 1 aromatic rings. The van der Waals surface area contributed by atoms with Crippen LogP contribution >= 0.6 is 0 Å². The van der Waals surface area contributed by atoms with Gasteiger partial charge in [-0.25, -0.2) is 0 Å². The average Bonchev–Trinajstić information content (AvgIpc) is 2.46. The number of benzene rings is 1. The maximum atomic E-state index is 11.9. The Morgan fingerprint density at radius 2 is 1.95 bits per heavy atom. The Morgan fingerprint density at radius 1 is 1.32 bits per heavy atom. The van der Waals surface area contributed by atoms with Gasteiger partial charge in [-0.3, -0.25) is 4.79 Å². The van der Waals surface area contributed by atoms with E-state index in [0.29, 0.717) is 25.9 Å². The van der Waals surface area contributed by atoms with E-state index >= 15 is 0 Å². The van der Waals surface area contributed by atoms with Crippen LogP contribution in [0.4, 0.5) is 0 Å². The number of aliphatic hydroxyl groups is 1. The molecule has 0 aliphatic carbocycles. The van der Waals surface area contributed by atoms with Crippen LogP contribution in [-0.2, 0) is 11.2 Å². The largest absolute Gasteiger partial charge is 0.484 e. The van der Waals surface area contributed by atoms with Gasteiger partial charge in [0.05, 0.1) is 6.10 Å². The van der Waals surface area contributed by atoms with E-state index in [9.17, 15) is 9.90 Å². The molecule has 19 heavy (non-hydrogen) atoms. The number of nitrogens with zero attached hydrogens (tertiary/aromatic N) is 1. The molecule has 104 valence electrons. The van der Waals surface area contributed by atoms with E-state index in [0.717, 1.165) is 12.2 Å². The fourth-order valence-corrected chi connectivity index (χ4v) is 2.17. The molecule has 4 nitrogen and oxygen atoms in total. The van der Waals surface area contributed by atoms with Gasteiger partial charge in [-0.05, 0) is 37.0 Å². The molecule has 0 radical (unpaired) electrons. The second-order valence-corrected chi connectivity index (χ2v) is 4.90. The maximum absolute atomic E-state index is 11.9. The van der Waals surface area contributed by atoms with Crippen molar-refractivity contribution >= 4 is 5.91 Å². The number of aryl methyl sites for hydroxylation is 1. The number of hydrogen-bond donors (Lipinski definition) is 1. The quantitative estimate of drug-likeness (QED) is 0.898. The lowest BCUT2D eigenvalue weighted by Crippen LogP contribution is -2.42. The van der Waals surface area contributed by atoms with Crippen molar-refractivity contribution in [2.24, 2.45) is 0 Å². The highest BCUT2D eigenvalue weighted by atomic mass is 16.5. The second kappa shape index (κ2) is 6.57. The fraction of sp³-hybridized carbons (Fsp3) is 0.533. The summed E-state index contributed by atoms with van der Waals surface area (Å²) in [6, 6.07) is 7.81. The second-order valence-electron chi connectivity index (χ2n) is 4.90. The number of carbonyl (C=O) groups excluding carboxylic acids is 1. The Balaban J connectivity index is 1.79. The molecule has 4 heteroatoms. The Kier molecular flexibility index (Phi) is 4.80. The third kappa shape index (κ3) is 3.96. The fourth-order valence-electron chi connectivity index (χ4n) is 2.17. The third-order valence-corrected chi connectivity index (χ3v) is 3.51. The molecule has 0 aromatic heterocycles. The number of likely N-dealkylation sites (tertiary alicyclic amines) is 1. The molecule has 0 atom stereocenters. The summed E-state index contributed by atoms with van der Waals surface area (Å²) < 4.78 is 5.49. The van der Waals surface area contributed by atoms with Gasteiger partial charge < -0.3 is 14.7 Å². The van der Waals surface area contributed by atoms with Gasteiger partial charge in [0.15, 0.2) is 6.61 Å². The number of carbonyl (C=O) groups is 1. The van der Waals surface area contributed by atoms with Crippen LogP contribution in [0.25, 0.3) is 0 Å². The van der Waals surface area contributed by atoms with E-state index < -0.39 is 0 Å². The van der Waals surface area contributed by atoms with Crippen molar-refractivity contribution in [3.05, 3.63) is 29.8 Å². The van der Waals surface area contributed by atoms with E-state index in [-0.39, 0.29) is 18.6 Å². The lowest BCUT2D eigenvalue weighted by Gasteiger charge is -2.29. The molecule has 1 saturated heterocycles. The zero-order chi connectivity index (χ0) is 13.7. The smallest absolute Gasteiger partial charge is 0.260 e. The summed E-state index contributed by atoms with van der Waals surface area (Å²) in [7, 11) is 0. The molecule has 1 N–H and O–H groups in total. The van der Waals surface area contributed by atoms with E-state index in [1.807, 2.05) is 24.3 Å². The first kappa shape index (κ1) is 13.9. The van der Waals surface area contributed by atoms with Crippen molar-refractivity contribution in [1.29, 1.82) is 0 Å². The SMILES string of the molecule is CCc1ccc(OCC(=O)N2CCC(O)CC2)cc1. The van der Waals surface area contributed by atoms with Crippen LogP contribution in [-0.4, -0.2) is 41.7 Å². The molecule has 0 saturated carbocycles. The zero-order valence-corrected chi connectivity index (χ0v) is 11.3. The van der Waals surface area contributed by atoms with Gasteiger partial charge >= 0.3 is 0 Å². The molecule has 1 fully saturated rings. The number of ether oxygens (including phenoxy) is 1. The topological polar surface area (TPSA) is 49.8 Å². The zero-order valence-electron chi connectivity index (χ0n) is 11.3. The van der Waals surface area contributed by atoms with Gasteiger partial charge in [0.25, 0.3) is 5.91 Å². The summed E-state index contributed by atoms with van der Waals surface area (Å²) in [4.78, 5) is 13.7. The third-order valence-electron chi connectivity index (χ3n) is 3.51. The molecule has 2 rings (SSSR count). The highest BCUT2D eigenvalue weighted by Gasteiger charge is 2.21. The lowest BCUT2D eigenvalue weighted by molar-refractivity contribution is -0.135. The number of amides is 1. The van der Waals surface area contributed by atoms with Crippen LogP contribution in [0.3, 0.4) is 0 Å². The van der Waals surface area contributed by atoms with Crippen LogP contribution in [0.1, 0.15) is 25.3 Å². The molecule has 0 unspecified atom stereocenters. The predicted octanol–water partition coefficient (Wildman–Crippen LogP) is 1.61. The normalized spacial score (nSPS) is 16.4. The van der Waals surface area contributed by atoms with Crippen LogP contribution in [0.5, 0.6) is 5.75 Å². The molecule has 0 spiro atoms. The van der Waals surface area contributed by atoms with Crippen LogP contribution in [0.15, 0.2) is 24.3 Å². The Labute approximate surface area is 114 Å². The molecule has 0 bridgehead atoms. The number of aliphatic hydroxyl groups excluding tert-OH is 1. The van der Waals surface area contributed by atoms with Crippen molar-refractivity contribution in [1.82, 2.24) is 4.90 Å². The van der Waals surface area contributed by atoms with Crippen LogP contribution < -0.4 is 4.74 Å². The molecule has 1 heterocycles. The molecular formula is C15H21NO3. The maximum Gasteiger partial charge on any atom is 0.260 e. The highest BCUT2D eigenvalue weighted by molar-refractivity contribution is 5.77. The van der Waals surface area contributed by atoms with Crippen molar-refractivity contribution in [3.63, 3.8) is 0 Å². The predicted molar refractivity (Wildman–Crippen MR) is 73.1 cm³/mol. The summed E-state index contributed by atoms with van der Waals surface area (Å²) in [6.45, 7) is 3.42. The summed E-state index contributed by atoms with van der Waals surface area (Å²) in [5.41, 5.74) is 1.25. The first-order valence-electron chi connectivity index (χ1n) is 6.86. The van der Waals surface area contributed by atoms with Gasteiger partial charge in [0, 0.05) is 13.1 Å². The molecule has 1 aliphatic rings. The van der Waals surface area contributed by atoms with Crippen molar-refractivity contribution in [2.75, 3.05) is 19.7 Å².